The summed E-state index contributed by atoms with van der Waals surface area (Å²) in [5.41, 5.74) is 6.29. The molecule has 0 radical (unpaired) electrons. The molecule has 18 heteroatoms. The minimum absolute atomic E-state index is 0.138. The topological polar surface area (TPSA) is 155 Å². The molecular weight excluding hydrogens is 866 g/mol. The first-order chi connectivity index (χ1) is 32.4. The molecule has 4 fully saturated rings. The zero-order valence-corrected chi connectivity index (χ0v) is 38.4. The van der Waals surface area contributed by atoms with Crippen LogP contribution in [0.5, 0.6) is 0 Å². The summed E-state index contributed by atoms with van der Waals surface area (Å²) >= 11 is 0. The smallest absolute Gasteiger partial charge is 0.390 e. The van der Waals surface area contributed by atoms with Gasteiger partial charge in [-0.2, -0.15) is 18.2 Å². The van der Waals surface area contributed by atoms with Crippen molar-refractivity contribution in [2.24, 2.45) is 7.05 Å². The number of piperidine rings is 2. The van der Waals surface area contributed by atoms with Gasteiger partial charge < -0.3 is 24.6 Å². The number of anilines is 1. The third-order valence-electron chi connectivity index (χ3n) is 14.5. The number of imide groups is 1. The SMILES string of the molecule is Cn1c(=O)n([C@H]2CCC(=O)NC2=O)c2ccc(CCCOCCN3CCC(N4CCN(Cc5ccc(-c6cn([C@H]7CC[C@H](O)CC7)c7nc(NCCC(F)(F)F)ncc67)cc5)CC4)CC3)cc21. The lowest BCUT2D eigenvalue weighted by molar-refractivity contribution is -0.136. The van der Waals surface area contributed by atoms with Crippen LogP contribution >= 0.6 is 0 Å². The largest absolute Gasteiger partial charge is 0.393 e. The maximum Gasteiger partial charge on any atom is 0.390 e. The lowest BCUT2D eigenvalue weighted by Crippen LogP contribution is -2.53. The number of amides is 2. The third kappa shape index (κ3) is 11.1. The molecule has 0 unspecified atom stereocenters. The van der Waals surface area contributed by atoms with E-state index in [1.54, 1.807) is 17.8 Å². The standard InChI is InChI=1S/C49H63F3N10O5/c1-57-43-29-33(6-13-41(43)62(48(57)66)42-14-15-44(64)55-46(42)65)3-2-27-67-28-26-58-20-16-36(17-21-58)60-24-22-59(23-25-60)31-34-4-7-35(8-5-34)40-32-61(37-9-11-38(63)12-10-37)45-39(40)30-54-47(56-45)53-19-18-49(50,51)52/h4-8,13,29-30,32,36-38,42,63H,2-3,9-12,14-28,31H2,1H3,(H,53,54,56)(H,55,64,65)/t37-,38-,42-/m0/s1. The maximum atomic E-state index is 13.1. The number of imidazole rings is 1. The number of alkyl halides is 3. The number of nitrogens with zero attached hydrogens (tertiary/aromatic N) is 8. The summed E-state index contributed by atoms with van der Waals surface area (Å²) in [6.45, 7) is 9.20. The van der Waals surface area contributed by atoms with E-state index in [0.717, 1.165) is 118 Å². The van der Waals surface area contributed by atoms with Gasteiger partial charge in [0.15, 0.2) is 0 Å². The number of hydrogen-bond donors (Lipinski definition) is 3. The van der Waals surface area contributed by atoms with Gasteiger partial charge in [-0.05, 0) is 99.7 Å². The molecule has 1 atom stereocenters. The fraction of sp³-hybridized carbons (Fsp3) is 0.571. The molecule has 6 heterocycles. The van der Waals surface area contributed by atoms with E-state index in [2.05, 4.69) is 65.3 Å². The number of aliphatic hydroxyl groups excluding tert-OH is 1. The molecule has 5 aromatic rings. The Labute approximate surface area is 388 Å². The van der Waals surface area contributed by atoms with Crippen LogP contribution in [0.2, 0.25) is 0 Å². The molecule has 4 aliphatic rings. The van der Waals surface area contributed by atoms with E-state index in [0.29, 0.717) is 49.7 Å². The predicted octanol–water partition coefficient (Wildman–Crippen LogP) is 5.80. The lowest BCUT2D eigenvalue weighted by atomic mass is 9.93. The highest BCUT2D eigenvalue weighted by Crippen LogP contribution is 2.37. The van der Waals surface area contributed by atoms with E-state index in [4.69, 9.17) is 9.72 Å². The number of carbonyl (C=O) groups is 2. The van der Waals surface area contributed by atoms with Crippen LogP contribution < -0.4 is 16.3 Å². The van der Waals surface area contributed by atoms with Crippen molar-refractivity contribution in [3.8, 4) is 11.1 Å². The summed E-state index contributed by atoms with van der Waals surface area (Å²) in [7, 11) is 1.72. The minimum atomic E-state index is -4.26. The zero-order chi connectivity index (χ0) is 46.7. The lowest BCUT2D eigenvalue weighted by Gasteiger charge is -2.42. The van der Waals surface area contributed by atoms with E-state index in [9.17, 15) is 32.7 Å². The van der Waals surface area contributed by atoms with Gasteiger partial charge in [0.05, 0.1) is 30.2 Å². The Morgan fingerprint density at radius 3 is 2.33 bits per heavy atom. The quantitative estimate of drug-likeness (QED) is 0.0813. The van der Waals surface area contributed by atoms with Crippen LogP contribution in [0.1, 0.15) is 87.4 Å². The van der Waals surface area contributed by atoms with Gasteiger partial charge in [0, 0.05) is 101 Å². The summed E-state index contributed by atoms with van der Waals surface area (Å²) in [5.74, 6) is -0.552. The Kier molecular flexibility index (Phi) is 14.4. The molecule has 9 rings (SSSR count). The second-order valence-electron chi connectivity index (χ2n) is 18.9. The van der Waals surface area contributed by atoms with Gasteiger partial charge in [-0.25, -0.2) is 9.78 Å². The molecule has 3 N–H and O–H groups in total. The molecule has 0 spiro atoms. The molecule has 0 bridgehead atoms. The number of hydrogen-bond acceptors (Lipinski definition) is 11. The highest BCUT2D eigenvalue weighted by Gasteiger charge is 2.32. The fourth-order valence-corrected chi connectivity index (χ4v) is 10.6. The number of benzene rings is 2. The number of halogens is 3. The average Bonchev–Trinajstić information content (AvgIpc) is 3.81. The molecule has 3 saturated heterocycles. The Hall–Kier alpha value is -5.14. The summed E-state index contributed by atoms with van der Waals surface area (Å²) in [6, 6.07) is 14.6. The van der Waals surface area contributed by atoms with Gasteiger partial charge in [0.1, 0.15) is 11.7 Å². The number of piperazine rings is 1. The van der Waals surface area contributed by atoms with Crippen molar-refractivity contribution >= 4 is 39.8 Å². The van der Waals surface area contributed by atoms with Gasteiger partial charge >= 0.3 is 11.9 Å². The van der Waals surface area contributed by atoms with Crippen molar-refractivity contribution in [3.63, 3.8) is 0 Å². The van der Waals surface area contributed by atoms with Crippen LogP contribution in [0.25, 0.3) is 33.2 Å². The first-order valence-corrected chi connectivity index (χ1v) is 24.1. The molecule has 2 aromatic carbocycles. The van der Waals surface area contributed by atoms with Crippen LogP contribution in [0.4, 0.5) is 19.1 Å². The number of ether oxygens (including phenoxy) is 1. The number of carbonyl (C=O) groups excluding carboxylic acids is 2. The second kappa shape index (κ2) is 20.6. The maximum absolute atomic E-state index is 13.1. The number of aryl methyl sites for hydroxylation is 2. The minimum Gasteiger partial charge on any atom is -0.393 e. The van der Waals surface area contributed by atoms with Crippen LogP contribution in [-0.2, 0) is 34.3 Å². The molecule has 15 nitrogen and oxygen atoms in total. The molecule has 1 aliphatic carbocycles. The Morgan fingerprint density at radius 1 is 0.851 bits per heavy atom. The number of aliphatic hydroxyl groups is 1. The monoisotopic (exact) mass is 928 g/mol. The second-order valence-corrected chi connectivity index (χ2v) is 18.9. The van der Waals surface area contributed by atoms with E-state index >= 15 is 0 Å². The van der Waals surface area contributed by atoms with Crippen molar-refractivity contribution in [2.75, 3.05) is 70.9 Å². The van der Waals surface area contributed by atoms with Crippen molar-refractivity contribution in [3.05, 3.63) is 76.5 Å². The van der Waals surface area contributed by atoms with Crippen molar-refractivity contribution in [1.29, 1.82) is 0 Å². The van der Waals surface area contributed by atoms with Crippen molar-refractivity contribution in [2.45, 2.75) is 108 Å². The first-order valence-electron chi connectivity index (χ1n) is 24.1. The number of rotatable bonds is 16. The Morgan fingerprint density at radius 2 is 1.60 bits per heavy atom. The first kappa shape index (κ1) is 46.9. The molecule has 360 valence electrons. The van der Waals surface area contributed by atoms with E-state index in [1.165, 1.54) is 10.1 Å². The molecule has 67 heavy (non-hydrogen) atoms. The number of fused-ring (bicyclic) bond motifs is 2. The van der Waals surface area contributed by atoms with Crippen LogP contribution in [0.15, 0.2) is 59.7 Å². The zero-order valence-electron chi connectivity index (χ0n) is 38.4. The van der Waals surface area contributed by atoms with Crippen LogP contribution in [0.3, 0.4) is 0 Å². The number of nitrogens with one attached hydrogen (secondary N) is 2. The third-order valence-corrected chi connectivity index (χ3v) is 14.5. The highest BCUT2D eigenvalue weighted by molar-refractivity contribution is 6.00. The van der Waals surface area contributed by atoms with Crippen LogP contribution in [0, 0.1) is 0 Å². The van der Waals surface area contributed by atoms with Crippen LogP contribution in [-0.4, -0.2) is 139 Å². The molecule has 1 saturated carbocycles. The van der Waals surface area contributed by atoms with Gasteiger partial charge in [-0.1, -0.05) is 30.3 Å². The van der Waals surface area contributed by atoms with E-state index in [-0.39, 0.29) is 42.7 Å². The van der Waals surface area contributed by atoms with Crippen molar-refractivity contribution in [1.82, 2.24) is 43.7 Å². The molecule has 2 amide bonds. The average molecular weight is 929 g/mol. The van der Waals surface area contributed by atoms with Gasteiger partial charge in [0.25, 0.3) is 0 Å². The Balaban J connectivity index is 0.694. The fourth-order valence-electron chi connectivity index (χ4n) is 10.6. The van der Waals surface area contributed by atoms with Crippen molar-refractivity contribution < 1.29 is 32.6 Å². The Bertz CT molecular complexity index is 2570. The van der Waals surface area contributed by atoms with E-state index < -0.39 is 24.5 Å². The molecular formula is C49H63F3N10O5. The van der Waals surface area contributed by atoms with Gasteiger partial charge in [-0.3, -0.25) is 33.8 Å². The van der Waals surface area contributed by atoms with Gasteiger partial charge in [0.2, 0.25) is 17.8 Å². The molecule has 3 aliphatic heterocycles. The summed E-state index contributed by atoms with van der Waals surface area (Å²) < 4.78 is 49.7. The summed E-state index contributed by atoms with van der Waals surface area (Å²) in [5, 5.41) is 16.1. The summed E-state index contributed by atoms with van der Waals surface area (Å²) in [6.07, 6.45) is 5.83. The molecule has 3 aromatic heterocycles. The van der Waals surface area contributed by atoms with E-state index in [1.807, 2.05) is 18.2 Å². The highest BCUT2D eigenvalue weighted by atomic mass is 19.4. The number of aromatic nitrogens is 5. The normalized spacial score (nSPS) is 22.0. The predicted molar refractivity (Wildman–Crippen MR) is 250 cm³/mol. The summed E-state index contributed by atoms with van der Waals surface area (Å²) in [4.78, 5) is 54.1. The number of likely N-dealkylation sites (tertiary alicyclic amines) is 1. The van der Waals surface area contributed by atoms with Gasteiger partial charge in [-0.15, -0.1) is 0 Å².